The minimum Gasteiger partial charge on any atom is -0.441 e. The predicted octanol–water partition coefficient (Wildman–Crippen LogP) is 1.48. The third-order valence-corrected chi connectivity index (χ3v) is 3.04. The molecule has 1 aliphatic rings. The van der Waals surface area contributed by atoms with Gasteiger partial charge in [0.1, 0.15) is 6.10 Å². The lowest BCUT2D eigenvalue weighted by molar-refractivity contribution is 0.0172. The van der Waals surface area contributed by atoms with Gasteiger partial charge in [0.25, 0.3) is 0 Å². The van der Waals surface area contributed by atoms with Crippen molar-refractivity contribution in [2.45, 2.75) is 38.0 Å². The lowest BCUT2D eigenvalue weighted by Crippen LogP contribution is -2.40. The van der Waals surface area contributed by atoms with Crippen LogP contribution >= 0.6 is 0 Å². The fourth-order valence-electron chi connectivity index (χ4n) is 2.09. The maximum Gasteiger partial charge on any atom is 0.407 e. The van der Waals surface area contributed by atoms with Crippen LogP contribution in [0.1, 0.15) is 18.9 Å². The zero-order valence-corrected chi connectivity index (χ0v) is 9.80. The molecule has 4 heteroatoms. The van der Waals surface area contributed by atoms with Crippen LogP contribution in [-0.4, -0.2) is 29.4 Å². The van der Waals surface area contributed by atoms with Crippen molar-refractivity contribution in [1.82, 2.24) is 5.32 Å². The fourth-order valence-corrected chi connectivity index (χ4v) is 2.09. The standard InChI is InChI=1S/C13H17NO3/c1-2-11(15)12-10(14-13(16)17-12)8-9-6-4-3-5-7-9/h3-7,10-12,15H,2,8H2,1H3,(H,14,16). The lowest BCUT2D eigenvalue weighted by atomic mass is 9.97. The van der Waals surface area contributed by atoms with Gasteiger partial charge in [-0.2, -0.15) is 0 Å². The summed E-state index contributed by atoms with van der Waals surface area (Å²) < 4.78 is 5.10. The van der Waals surface area contributed by atoms with Gasteiger partial charge in [-0.3, -0.25) is 0 Å². The van der Waals surface area contributed by atoms with Crippen LogP contribution in [0.4, 0.5) is 4.79 Å². The van der Waals surface area contributed by atoms with Gasteiger partial charge in [0.2, 0.25) is 0 Å². The van der Waals surface area contributed by atoms with Crippen molar-refractivity contribution in [2.24, 2.45) is 0 Å². The first kappa shape index (κ1) is 11.9. The highest BCUT2D eigenvalue weighted by Gasteiger charge is 2.38. The number of carbonyl (C=O) groups excluding carboxylic acids is 1. The van der Waals surface area contributed by atoms with E-state index < -0.39 is 18.3 Å². The topological polar surface area (TPSA) is 58.6 Å². The monoisotopic (exact) mass is 235 g/mol. The van der Waals surface area contributed by atoms with Crippen LogP contribution in [0.3, 0.4) is 0 Å². The first-order chi connectivity index (χ1) is 8.20. The van der Waals surface area contributed by atoms with E-state index in [0.29, 0.717) is 12.8 Å². The smallest absolute Gasteiger partial charge is 0.407 e. The molecule has 1 aliphatic heterocycles. The zero-order chi connectivity index (χ0) is 12.3. The first-order valence-corrected chi connectivity index (χ1v) is 5.90. The average Bonchev–Trinajstić information content (AvgIpc) is 2.70. The summed E-state index contributed by atoms with van der Waals surface area (Å²) in [6.07, 6.45) is -0.252. The number of carbonyl (C=O) groups is 1. The highest BCUT2D eigenvalue weighted by molar-refractivity contribution is 5.70. The van der Waals surface area contributed by atoms with Gasteiger partial charge in [-0.05, 0) is 18.4 Å². The normalized spacial score (nSPS) is 25.2. The Morgan fingerprint density at radius 2 is 2.12 bits per heavy atom. The van der Waals surface area contributed by atoms with Gasteiger partial charge < -0.3 is 15.2 Å². The summed E-state index contributed by atoms with van der Waals surface area (Å²) in [5.41, 5.74) is 1.12. The van der Waals surface area contributed by atoms with E-state index in [4.69, 9.17) is 4.74 Å². The van der Waals surface area contributed by atoms with Crippen LogP contribution in [0, 0.1) is 0 Å². The second-order valence-corrected chi connectivity index (χ2v) is 4.29. The minimum absolute atomic E-state index is 0.153. The van der Waals surface area contributed by atoms with E-state index in [1.165, 1.54) is 0 Å². The van der Waals surface area contributed by atoms with E-state index >= 15 is 0 Å². The number of ether oxygens (including phenoxy) is 1. The molecule has 17 heavy (non-hydrogen) atoms. The molecule has 1 fully saturated rings. The minimum atomic E-state index is -0.609. The Labute approximate surface area is 101 Å². The van der Waals surface area contributed by atoms with Gasteiger partial charge in [0.15, 0.2) is 0 Å². The molecule has 2 N–H and O–H groups in total. The Kier molecular flexibility index (Phi) is 3.64. The lowest BCUT2D eigenvalue weighted by Gasteiger charge is -2.21. The van der Waals surface area contributed by atoms with Crippen LogP contribution < -0.4 is 5.32 Å². The Bertz CT molecular complexity index is 380. The van der Waals surface area contributed by atoms with Crippen molar-refractivity contribution in [3.63, 3.8) is 0 Å². The summed E-state index contributed by atoms with van der Waals surface area (Å²) in [6, 6.07) is 9.71. The zero-order valence-electron chi connectivity index (χ0n) is 9.80. The van der Waals surface area contributed by atoms with E-state index in [1.54, 1.807) is 0 Å². The molecule has 0 saturated carbocycles. The summed E-state index contributed by atoms with van der Waals surface area (Å²) in [7, 11) is 0. The molecule has 92 valence electrons. The fraction of sp³-hybridized carbons (Fsp3) is 0.462. The van der Waals surface area contributed by atoms with E-state index in [-0.39, 0.29) is 6.04 Å². The summed E-state index contributed by atoms with van der Waals surface area (Å²) in [6.45, 7) is 1.87. The molecule has 1 aromatic carbocycles. The number of hydrogen-bond donors (Lipinski definition) is 2. The molecule has 1 saturated heterocycles. The van der Waals surface area contributed by atoms with Crippen LogP contribution in [0.2, 0.25) is 0 Å². The molecule has 3 unspecified atom stereocenters. The Balaban J connectivity index is 2.06. The molecule has 1 heterocycles. The molecule has 1 amide bonds. The largest absolute Gasteiger partial charge is 0.441 e. The first-order valence-electron chi connectivity index (χ1n) is 5.90. The quantitative estimate of drug-likeness (QED) is 0.831. The van der Waals surface area contributed by atoms with E-state index in [0.717, 1.165) is 5.56 Å². The van der Waals surface area contributed by atoms with Crippen molar-refractivity contribution in [2.75, 3.05) is 0 Å². The van der Waals surface area contributed by atoms with Crippen molar-refractivity contribution in [3.05, 3.63) is 35.9 Å². The molecule has 0 bridgehead atoms. The number of nitrogens with one attached hydrogen (secondary N) is 1. The van der Waals surface area contributed by atoms with Crippen LogP contribution in [0.5, 0.6) is 0 Å². The maximum atomic E-state index is 11.2. The van der Waals surface area contributed by atoms with E-state index in [9.17, 15) is 9.90 Å². The van der Waals surface area contributed by atoms with Crippen molar-refractivity contribution in [1.29, 1.82) is 0 Å². The molecule has 0 spiro atoms. The molecule has 0 radical (unpaired) electrons. The summed E-state index contributed by atoms with van der Waals surface area (Å²) >= 11 is 0. The third kappa shape index (κ3) is 2.77. The van der Waals surface area contributed by atoms with Crippen molar-refractivity contribution >= 4 is 6.09 Å². The van der Waals surface area contributed by atoms with Gasteiger partial charge in [0.05, 0.1) is 12.1 Å². The highest BCUT2D eigenvalue weighted by atomic mass is 16.6. The number of aliphatic hydroxyl groups is 1. The van der Waals surface area contributed by atoms with E-state index in [2.05, 4.69) is 5.32 Å². The Hall–Kier alpha value is -1.55. The second-order valence-electron chi connectivity index (χ2n) is 4.29. The van der Waals surface area contributed by atoms with Gasteiger partial charge >= 0.3 is 6.09 Å². The summed E-state index contributed by atoms with van der Waals surface area (Å²) in [5, 5.41) is 12.6. The number of benzene rings is 1. The Morgan fingerprint density at radius 3 is 2.76 bits per heavy atom. The molecule has 1 aromatic rings. The summed E-state index contributed by atoms with van der Waals surface area (Å²) in [5.74, 6) is 0. The molecular formula is C13H17NO3. The SMILES string of the molecule is CCC(O)C1OC(=O)NC1Cc1ccccc1. The van der Waals surface area contributed by atoms with Crippen LogP contribution in [0.15, 0.2) is 30.3 Å². The summed E-state index contributed by atoms with van der Waals surface area (Å²) in [4.78, 5) is 11.2. The number of alkyl carbamates (subject to hydrolysis) is 1. The molecule has 4 nitrogen and oxygen atoms in total. The molecular weight excluding hydrogens is 218 g/mol. The number of cyclic esters (lactones) is 1. The molecule has 2 rings (SSSR count). The third-order valence-electron chi connectivity index (χ3n) is 3.04. The van der Waals surface area contributed by atoms with Crippen LogP contribution in [-0.2, 0) is 11.2 Å². The second kappa shape index (κ2) is 5.19. The number of hydrogen-bond acceptors (Lipinski definition) is 3. The average molecular weight is 235 g/mol. The number of aliphatic hydroxyl groups excluding tert-OH is 1. The molecule has 0 aliphatic carbocycles. The van der Waals surface area contributed by atoms with Crippen LogP contribution in [0.25, 0.3) is 0 Å². The highest BCUT2D eigenvalue weighted by Crippen LogP contribution is 2.18. The van der Waals surface area contributed by atoms with E-state index in [1.807, 2.05) is 37.3 Å². The molecule has 0 aromatic heterocycles. The number of rotatable bonds is 4. The van der Waals surface area contributed by atoms with Crippen molar-refractivity contribution < 1.29 is 14.6 Å². The molecule has 3 atom stereocenters. The predicted molar refractivity (Wildman–Crippen MR) is 63.6 cm³/mol. The van der Waals surface area contributed by atoms with Gasteiger partial charge in [0, 0.05) is 0 Å². The Morgan fingerprint density at radius 1 is 1.41 bits per heavy atom. The maximum absolute atomic E-state index is 11.2. The number of amides is 1. The van der Waals surface area contributed by atoms with Crippen molar-refractivity contribution in [3.8, 4) is 0 Å². The van der Waals surface area contributed by atoms with Gasteiger partial charge in [-0.25, -0.2) is 4.79 Å². The van der Waals surface area contributed by atoms with Gasteiger partial charge in [-0.1, -0.05) is 37.3 Å². The van der Waals surface area contributed by atoms with Gasteiger partial charge in [-0.15, -0.1) is 0 Å².